The number of rotatable bonds is 9. The number of amides is 1. The molecule has 148 valence electrons. The van der Waals surface area contributed by atoms with Crippen LogP contribution in [-0.2, 0) is 17.8 Å². The van der Waals surface area contributed by atoms with Crippen LogP contribution in [-0.4, -0.2) is 29.2 Å². The topological polar surface area (TPSA) is 65.4 Å². The molecule has 1 N–H and O–H groups in total. The summed E-state index contributed by atoms with van der Waals surface area (Å²) in [5.74, 6) is 3.62. The molecule has 1 aromatic heterocycles. The summed E-state index contributed by atoms with van der Waals surface area (Å²) in [7, 11) is 1.58. The third kappa shape index (κ3) is 5.63. The van der Waals surface area contributed by atoms with Gasteiger partial charge >= 0.3 is 0 Å². The van der Waals surface area contributed by atoms with E-state index in [4.69, 9.17) is 15.9 Å². The fourth-order valence-electron chi connectivity index (χ4n) is 2.85. The lowest BCUT2D eigenvalue weighted by Crippen LogP contribution is -2.23. The molecule has 1 heterocycles. The van der Waals surface area contributed by atoms with Crippen molar-refractivity contribution in [2.75, 3.05) is 13.7 Å². The minimum Gasteiger partial charge on any atom is -0.493 e. The fraction of sp³-hybridized carbons (Fsp3) is 0.217. The highest BCUT2D eigenvalue weighted by Gasteiger charge is 2.08. The van der Waals surface area contributed by atoms with Gasteiger partial charge in [0.05, 0.1) is 13.4 Å². The minimum atomic E-state index is -0.00434. The molecule has 0 radical (unpaired) electrons. The standard InChI is InChI=1S/C23H23N3O3/c1-3-14-29-21-10-6-18(15-22(21)28-2)7-11-23(27)25-16-19-4-8-20(9-5-19)26-13-12-24-17-26/h1,4-6,8-10,12-13,15,17H,7,11,14,16H2,2H3,(H,25,27). The van der Waals surface area contributed by atoms with Gasteiger partial charge in [-0.05, 0) is 41.8 Å². The average Bonchev–Trinajstić information content (AvgIpc) is 3.30. The maximum atomic E-state index is 12.2. The summed E-state index contributed by atoms with van der Waals surface area (Å²) < 4.78 is 12.7. The van der Waals surface area contributed by atoms with Crippen LogP contribution in [0.3, 0.4) is 0 Å². The average molecular weight is 389 g/mol. The summed E-state index contributed by atoms with van der Waals surface area (Å²) in [4.78, 5) is 16.2. The highest BCUT2D eigenvalue weighted by molar-refractivity contribution is 5.76. The van der Waals surface area contributed by atoms with Crippen LogP contribution >= 0.6 is 0 Å². The van der Waals surface area contributed by atoms with E-state index in [0.717, 1.165) is 16.8 Å². The van der Waals surface area contributed by atoms with E-state index >= 15 is 0 Å². The van der Waals surface area contributed by atoms with Crippen LogP contribution in [0.2, 0.25) is 0 Å². The second kappa shape index (κ2) is 10.00. The van der Waals surface area contributed by atoms with Gasteiger partial charge in [0, 0.05) is 31.0 Å². The molecular formula is C23H23N3O3. The van der Waals surface area contributed by atoms with E-state index in [9.17, 15) is 4.79 Å². The van der Waals surface area contributed by atoms with E-state index in [0.29, 0.717) is 30.9 Å². The first-order chi connectivity index (χ1) is 14.2. The van der Waals surface area contributed by atoms with Crippen molar-refractivity contribution in [1.29, 1.82) is 0 Å². The number of carbonyl (C=O) groups is 1. The number of aromatic nitrogens is 2. The lowest BCUT2D eigenvalue weighted by atomic mass is 10.1. The van der Waals surface area contributed by atoms with Crippen molar-refractivity contribution in [2.45, 2.75) is 19.4 Å². The van der Waals surface area contributed by atoms with Crippen LogP contribution in [0.4, 0.5) is 0 Å². The first kappa shape index (κ1) is 20.0. The van der Waals surface area contributed by atoms with Crippen LogP contribution < -0.4 is 14.8 Å². The maximum Gasteiger partial charge on any atom is 0.220 e. The lowest BCUT2D eigenvalue weighted by Gasteiger charge is -2.11. The number of hydrogen-bond acceptors (Lipinski definition) is 4. The van der Waals surface area contributed by atoms with Gasteiger partial charge in [-0.15, -0.1) is 6.42 Å². The third-order valence-corrected chi connectivity index (χ3v) is 4.41. The monoisotopic (exact) mass is 389 g/mol. The SMILES string of the molecule is C#CCOc1ccc(CCC(=O)NCc2ccc(-n3ccnc3)cc2)cc1OC. The second-order valence-corrected chi connectivity index (χ2v) is 6.39. The number of ether oxygens (including phenoxy) is 2. The van der Waals surface area contributed by atoms with Crippen LogP contribution in [0.25, 0.3) is 5.69 Å². The quantitative estimate of drug-likeness (QED) is 0.571. The van der Waals surface area contributed by atoms with Crippen LogP contribution in [0.15, 0.2) is 61.2 Å². The molecule has 6 heteroatoms. The Labute approximate surface area is 170 Å². The molecule has 0 atom stereocenters. The lowest BCUT2D eigenvalue weighted by molar-refractivity contribution is -0.121. The van der Waals surface area contributed by atoms with Gasteiger partial charge in [-0.2, -0.15) is 0 Å². The molecule has 0 fully saturated rings. The van der Waals surface area contributed by atoms with Gasteiger partial charge in [-0.1, -0.05) is 24.1 Å². The van der Waals surface area contributed by atoms with Crippen molar-refractivity contribution in [1.82, 2.24) is 14.9 Å². The summed E-state index contributed by atoms with van der Waals surface area (Å²) >= 11 is 0. The molecule has 0 aliphatic rings. The van der Waals surface area contributed by atoms with E-state index in [2.05, 4.69) is 16.2 Å². The Hall–Kier alpha value is -3.72. The van der Waals surface area contributed by atoms with Crippen LogP contribution in [0, 0.1) is 12.3 Å². The normalized spacial score (nSPS) is 10.2. The Bertz CT molecular complexity index is 974. The Morgan fingerprint density at radius 3 is 2.66 bits per heavy atom. The first-order valence-electron chi connectivity index (χ1n) is 9.26. The number of nitrogens with zero attached hydrogens (tertiary/aromatic N) is 2. The number of methoxy groups -OCH3 is 1. The molecule has 1 amide bonds. The van der Waals surface area contributed by atoms with Gasteiger partial charge in [0.2, 0.25) is 5.91 Å². The molecule has 3 rings (SSSR count). The molecule has 0 aliphatic carbocycles. The zero-order chi connectivity index (χ0) is 20.5. The molecule has 0 unspecified atom stereocenters. The van der Waals surface area contributed by atoms with Crippen molar-refractivity contribution >= 4 is 5.91 Å². The molecule has 0 saturated heterocycles. The molecule has 0 saturated carbocycles. The van der Waals surface area contributed by atoms with E-state index in [1.165, 1.54) is 0 Å². The predicted octanol–water partition coefficient (Wildman–Crippen LogP) is 3.14. The molecule has 0 bridgehead atoms. The first-order valence-corrected chi connectivity index (χ1v) is 9.26. The number of nitrogens with one attached hydrogen (secondary N) is 1. The smallest absolute Gasteiger partial charge is 0.220 e. The van der Waals surface area contributed by atoms with Crippen molar-refractivity contribution in [2.24, 2.45) is 0 Å². The summed E-state index contributed by atoms with van der Waals surface area (Å²) in [6.07, 6.45) is 11.6. The Kier molecular flexibility index (Phi) is 6.90. The second-order valence-electron chi connectivity index (χ2n) is 6.39. The molecular weight excluding hydrogens is 366 g/mol. The van der Waals surface area contributed by atoms with Crippen molar-refractivity contribution in [3.63, 3.8) is 0 Å². The largest absolute Gasteiger partial charge is 0.493 e. The van der Waals surface area contributed by atoms with Crippen LogP contribution in [0.5, 0.6) is 11.5 Å². The number of aryl methyl sites for hydroxylation is 1. The minimum absolute atomic E-state index is 0.00434. The summed E-state index contributed by atoms with van der Waals surface area (Å²) in [6, 6.07) is 13.6. The maximum absolute atomic E-state index is 12.2. The van der Waals surface area contributed by atoms with Gasteiger partial charge in [0.25, 0.3) is 0 Å². The highest BCUT2D eigenvalue weighted by Crippen LogP contribution is 2.28. The van der Waals surface area contributed by atoms with Crippen molar-refractivity contribution < 1.29 is 14.3 Å². The van der Waals surface area contributed by atoms with E-state index in [1.807, 2.05) is 53.2 Å². The third-order valence-electron chi connectivity index (χ3n) is 4.41. The molecule has 0 aliphatic heterocycles. The van der Waals surface area contributed by atoms with E-state index in [-0.39, 0.29) is 12.5 Å². The molecule has 6 nitrogen and oxygen atoms in total. The summed E-state index contributed by atoms with van der Waals surface area (Å²) in [5.41, 5.74) is 3.06. The molecule has 2 aromatic carbocycles. The van der Waals surface area contributed by atoms with E-state index < -0.39 is 0 Å². The number of terminal acetylenes is 1. The van der Waals surface area contributed by atoms with Crippen molar-refractivity contribution in [3.8, 4) is 29.5 Å². The summed E-state index contributed by atoms with van der Waals surface area (Å²) in [6.45, 7) is 0.673. The number of carbonyl (C=O) groups excluding carboxylic acids is 1. The molecule has 0 spiro atoms. The number of imidazole rings is 1. The Balaban J connectivity index is 1.48. The van der Waals surface area contributed by atoms with Gasteiger partial charge in [0.1, 0.15) is 6.61 Å². The zero-order valence-electron chi connectivity index (χ0n) is 16.3. The van der Waals surface area contributed by atoms with E-state index in [1.54, 1.807) is 19.6 Å². The van der Waals surface area contributed by atoms with Gasteiger partial charge in [-0.3, -0.25) is 4.79 Å². The number of benzene rings is 2. The Morgan fingerprint density at radius 1 is 1.17 bits per heavy atom. The predicted molar refractivity (Wildman–Crippen MR) is 111 cm³/mol. The molecule has 3 aromatic rings. The zero-order valence-corrected chi connectivity index (χ0v) is 16.3. The van der Waals surface area contributed by atoms with Crippen LogP contribution in [0.1, 0.15) is 17.5 Å². The number of hydrogen-bond donors (Lipinski definition) is 1. The summed E-state index contributed by atoms with van der Waals surface area (Å²) in [5, 5.41) is 2.96. The van der Waals surface area contributed by atoms with Gasteiger partial charge in [-0.25, -0.2) is 4.98 Å². The van der Waals surface area contributed by atoms with Crippen molar-refractivity contribution in [3.05, 3.63) is 72.3 Å². The van der Waals surface area contributed by atoms with Gasteiger partial charge < -0.3 is 19.4 Å². The fourth-order valence-corrected chi connectivity index (χ4v) is 2.85. The van der Waals surface area contributed by atoms with Gasteiger partial charge in [0.15, 0.2) is 11.5 Å². The Morgan fingerprint density at radius 2 is 1.97 bits per heavy atom. The molecule has 29 heavy (non-hydrogen) atoms. The highest BCUT2D eigenvalue weighted by atomic mass is 16.5.